The molecule has 0 atom stereocenters. The molecule has 0 saturated carbocycles. The highest BCUT2D eigenvalue weighted by atomic mass is 32.2. The molecule has 0 aliphatic carbocycles. The molecule has 1 aromatic carbocycles. The zero-order chi connectivity index (χ0) is 19.3. The van der Waals surface area contributed by atoms with E-state index in [2.05, 4.69) is 20.5 Å². The van der Waals surface area contributed by atoms with Crippen molar-refractivity contribution in [1.82, 2.24) is 24.5 Å². The Morgan fingerprint density at radius 1 is 1.04 bits per heavy atom. The number of hydrogen-bond donors (Lipinski definition) is 1. The molecule has 0 aliphatic heterocycles. The van der Waals surface area contributed by atoms with Crippen LogP contribution in [0, 0.1) is 5.82 Å². The maximum absolute atomic E-state index is 13.7. The van der Waals surface area contributed by atoms with Gasteiger partial charge in [0.05, 0.1) is 11.4 Å². The van der Waals surface area contributed by atoms with E-state index >= 15 is 0 Å². The van der Waals surface area contributed by atoms with Crippen LogP contribution in [0.1, 0.15) is 0 Å². The first-order chi connectivity index (χ1) is 13.7. The Hall–Kier alpha value is -3.46. The summed E-state index contributed by atoms with van der Waals surface area (Å²) in [5, 5.41) is 11.5. The smallest absolute Gasteiger partial charge is 0.234 e. The van der Waals surface area contributed by atoms with Gasteiger partial charge in [-0.25, -0.2) is 9.07 Å². The van der Waals surface area contributed by atoms with Gasteiger partial charge in [0.1, 0.15) is 11.5 Å². The number of thioether (sulfide) groups is 1. The number of pyridine rings is 1. The first kappa shape index (κ1) is 17.9. The SMILES string of the molecule is O=C(CSc1nnc(-c2ccccn2)n1-n1cccc1)Nc1ccccc1F. The van der Waals surface area contributed by atoms with E-state index in [9.17, 15) is 9.18 Å². The van der Waals surface area contributed by atoms with Gasteiger partial charge in [-0.15, -0.1) is 10.2 Å². The van der Waals surface area contributed by atoms with Crippen molar-refractivity contribution >= 4 is 23.4 Å². The summed E-state index contributed by atoms with van der Waals surface area (Å²) in [5.41, 5.74) is 0.806. The zero-order valence-electron chi connectivity index (χ0n) is 14.6. The minimum atomic E-state index is -0.478. The third-order valence-electron chi connectivity index (χ3n) is 3.81. The molecule has 0 spiro atoms. The molecule has 0 radical (unpaired) electrons. The molecule has 3 heterocycles. The van der Waals surface area contributed by atoms with Gasteiger partial charge in [-0.2, -0.15) is 0 Å². The largest absolute Gasteiger partial charge is 0.323 e. The fourth-order valence-electron chi connectivity index (χ4n) is 2.56. The number of nitrogens with zero attached hydrogens (tertiary/aromatic N) is 5. The summed E-state index contributed by atoms with van der Waals surface area (Å²) in [6, 6.07) is 15.3. The molecule has 1 amide bonds. The lowest BCUT2D eigenvalue weighted by molar-refractivity contribution is -0.113. The van der Waals surface area contributed by atoms with Crippen LogP contribution < -0.4 is 5.32 Å². The molecular formula is C19H15FN6OS. The molecule has 140 valence electrons. The van der Waals surface area contributed by atoms with Crippen molar-refractivity contribution in [2.75, 3.05) is 11.1 Å². The lowest BCUT2D eigenvalue weighted by Gasteiger charge is -2.11. The topological polar surface area (TPSA) is 77.6 Å². The van der Waals surface area contributed by atoms with E-state index in [1.807, 2.05) is 42.7 Å². The Labute approximate surface area is 164 Å². The molecule has 1 N–H and O–H groups in total. The van der Waals surface area contributed by atoms with Crippen molar-refractivity contribution in [3.63, 3.8) is 0 Å². The standard InChI is InChI=1S/C19H15FN6OS/c20-14-7-1-2-8-15(14)22-17(27)13-28-19-24-23-18(16-9-3-4-10-21-16)26(19)25-11-5-6-12-25/h1-12H,13H2,(H,22,27). The molecule has 4 aromatic rings. The summed E-state index contributed by atoms with van der Waals surface area (Å²) < 4.78 is 17.3. The van der Waals surface area contributed by atoms with Crippen molar-refractivity contribution in [2.24, 2.45) is 0 Å². The van der Waals surface area contributed by atoms with E-state index in [1.165, 1.54) is 23.9 Å². The van der Waals surface area contributed by atoms with Crippen molar-refractivity contribution in [3.8, 4) is 11.5 Å². The number of nitrogens with one attached hydrogen (secondary N) is 1. The van der Waals surface area contributed by atoms with Gasteiger partial charge in [-0.1, -0.05) is 30.0 Å². The minimum absolute atomic E-state index is 0.0515. The highest BCUT2D eigenvalue weighted by molar-refractivity contribution is 7.99. The second-order valence-corrected chi connectivity index (χ2v) is 6.66. The fourth-order valence-corrected chi connectivity index (χ4v) is 3.29. The normalized spacial score (nSPS) is 10.8. The first-order valence-electron chi connectivity index (χ1n) is 8.40. The van der Waals surface area contributed by atoms with Crippen LogP contribution in [0.2, 0.25) is 0 Å². The number of para-hydroxylation sites is 1. The monoisotopic (exact) mass is 394 g/mol. The molecule has 3 aromatic heterocycles. The lowest BCUT2D eigenvalue weighted by atomic mass is 10.3. The van der Waals surface area contributed by atoms with E-state index in [-0.39, 0.29) is 17.3 Å². The second kappa shape index (κ2) is 8.05. The number of carbonyl (C=O) groups excluding carboxylic acids is 1. The van der Waals surface area contributed by atoms with Crippen LogP contribution >= 0.6 is 11.8 Å². The van der Waals surface area contributed by atoms with Crippen molar-refractivity contribution in [2.45, 2.75) is 5.16 Å². The Bertz CT molecular complexity index is 1080. The molecule has 0 unspecified atom stereocenters. The number of carbonyl (C=O) groups is 1. The van der Waals surface area contributed by atoms with Gasteiger partial charge < -0.3 is 5.32 Å². The summed E-state index contributed by atoms with van der Waals surface area (Å²) in [6.07, 6.45) is 5.37. The van der Waals surface area contributed by atoms with Crippen LogP contribution in [-0.2, 0) is 4.79 Å². The molecule has 0 aliphatic rings. The number of hydrogen-bond acceptors (Lipinski definition) is 5. The Balaban J connectivity index is 1.56. The molecule has 0 fully saturated rings. The minimum Gasteiger partial charge on any atom is -0.323 e. The van der Waals surface area contributed by atoms with Gasteiger partial charge in [0.25, 0.3) is 0 Å². The van der Waals surface area contributed by atoms with Gasteiger partial charge in [0, 0.05) is 18.6 Å². The summed E-state index contributed by atoms with van der Waals surface area (Å²) in [6.45, 7) is 0. The number of halogens is 1. The van der Waals surface area contributed by atoms with E-state index < -0.39 is 5.82 Å². The average Bonchev–Trinajstić information content (AvgIpc) is 3.38. The van der Waals surface area contributed by atoms with E-state index in [4.69, 9.17) is 0 Å². The molecule has 4 rings (SSSR count). The van der Waals surface area contributed by atoms with Crippen LogP contribution in [0.25, 0.3) is 11.5 Å². The zero-order valence-corrected chi connectivity index (χ0v) is 15.4. The van der Waals surface area contributed by atoms with E-state index in [0.717, 1.165) is 0 Å². The highest BCUT2D eigenvalue weighted by Crippen LogP contribution is 2.23. The maximum atomic E-state index is 13.7. The molecule has 7 nitrogen and oxygen atoms in total. The van der Waals surface area contributed by atoms with Crippen LogP contribution in [0.15, 0.2) is 78.3 Å². The summed E-state index contributed by atoms with van der Waals surface area (Å²) >= 11 is 1.20. The quantitative estimate of drug-likeness (QED) is 0.508. The predicted octanol–water partition coefficient (Wildman–Crippen LogP) is 3.32. The Kier molecular flexibility index (Phi) is 5.16. The van der Waals surface area contributed by atoms with Gasteiger partial charge in [-0.05, 0) is 36.4 Å². The highest BCUT2D eigenvalue weighted by Gasteiger charge is 2.18. The molecule has 0 bridgehead atoms. The third kappa shape index (κ3) is 3.79. The maximum Gasteiger partial charge on any atom is 0.234 e. The van der Waals surface area contributed by atoms with Crippen molar-refractivity contribution in [1.29, 1.82) is 0 Å². The van der Waals surface area contributed by atoms with Crippen LogP contribution in [0.5, 0.6) is 0 Å². The van der Waals surface area contributed by atoms with Crippen LogP contribution in [0.3, 0.4) is 0 Å². The van der Waals surface area contributed by atoms with E-state index in [0.29, 0.717) is 16.7 Å². The Morgan fingerprint density at radius 2 is 1.82 bits per heavy atom. The first-order valence-corrected chi connectivity index (χ1v) is 9.38. The summed E-state index contributed by atoms with van der Waals surface area (Å²) in [4.78, 5) is 16.6. The second-order valence-electron chi connectivity index (χ2n) is 5.71. The van der Waals surface area contributed by atoms with Gasteiger partial charge in [0.15, 0.2) is 0 Å². The van der Waals surface area contributed by atoms with Crippen LogP contribution in [0.4, 0.5) is 10.1 Å². The molecule has 28 heavy (non-hydrogen) atoms. The van der Waals surface area contributed by atoms with E-state index in [1.54, 1.807) is 27.7 Å². The van der Waals surface area contributed by atoms with Gasteiger partial charge in [-0.3, -0.25) is 14.5 Å². The number of rotatable bonds is 6. The van der Waals surface area contributed by atoms with Gasteiger partial charge in [0.2, 0.25) is 16.9 Å². The molecule has 9 heteroatoms. The number of benzene rings is 1. The number of aromatic nitrogens is 5. The molecular weight excluding hydrogens is 379 g/mol. The van der Waals surface area contributed by atoms with Crippen molar-refractivity contribution < 1.29 is 9.18 Å². The fraction of sp³-hybridized carbons (Fsp3) is 0.0526. The molecule has 0 saturated heterocycles. The van der Waals surface area contributed by atoms with Crippen LogP contribution in [-0.4, -0.2) is 36.2 Å². The summed E-state index contributed by atoms with van der Waals surface area (Å²) in [5.74, 6) is -0.213. The average molecular weight is 394 g/mol. The summed E-state index contributed by atoms with van der Waals surface area (Å²) in [7, 11) is 0. The van der Waals surface area contributed by atoms with Crippen molar-refractivity contribution in [3.05, 3.63) is 79.0 Å². The number of anilines is 1. The lowest BCUT2D eigenvalue weighted by Crippen LogP contribution is -2.16. The third-order valence-corrected chi connectivity index (χ3v) is 4.73. The predicted molar refractivity (Wildman–Crippen MR) is 104 cm³/mol. The Morgan fingerprint density at radius 3 is 2.57 bits per heavy atom. The van der Waals surface area contributed by atoms with Gasteiger partial charge >= 0.3 is 0 Å². The number of amides is 1.